The molecule has 2 aromatic rings. The quantitative estimate of drug-likeness (QED) is 0.785. The zero-order valence-electron chi connectivity index (χ0n) is 14.7. The van der Waals surface area contributed by atoms with E-state index in [9.17, 15) is 5.11 Å². The highest BCUT2D eigenvalue weighted by molar-refractivity contribution is 6.30. The van der Waals surface area contributed by atoms with Crippen molar-refractivity contribution >= 4 is 17.3 Å². The zero-order chi connectivity index (χ0) is 18.0. The van der Waals surface area contributed by atoms with E-state index in [0.29, 0.717) is 16.7 Å². The summed E-state index contributed by atoms with van der Waals surface area (Å²) in [6.45, 7) is 4.36. The molecular weight excluding hydrogens is 336 g/mol. The van der Waals surface area contributed by atoms with E-state index in [2.05, 4.69) is 30.6 Å². The molecule has 5 heteroatoms. The third kappa shape index (κ3) is 3.75. The van der Waals surface area contributed by atoms with Gasteiger partial charge in [0.05, 0.1) is 12.7 Å². The number of nitrogens with one attached hydrogen (secondary N) is 1. The van der Waals surface area contributed by atoms with Gasteiger partial charge in [-0.05, 0) is 29.8 Å². The third-order valence-corrected chi connectivity index (χ3v) is 4.82. The molecule has 3 rings (SSSR count). The Morgan fingerprint density at radius 3 is 2.52 bits per heavy atom. The lowest BCUT2D eigenvalue weighted by Crippen LogP contribution is -2.96. The van der Waals surface area contributed by atoms with Gasteiger partial charge >= 0.3 is 0 Å². The molecule has 25 heavy (non-hydrogen) atoms. The van der Waals surface area contributed by atoms with Gasteiger partial charge < -0.3 is 20.5 Å². The average molecular weight is 360 g/mol. The van der Waals surface area contributed by atoms with E-state index >= 15 is 0 Å². The van der Waals surface area contributed by atoms with Crippen molar-refractivity contribution in [3.63, 3.8) is 0 Å². The molecule has 0 radical (unpaired) electrons. The summed E-state index contributed by atoms with van der Waals surface area (Å²) in [6, 6.07) is 13.4. The van der Waals surface area contributed by atoms with E-state index in [1.54, 1.807) is 13.2 Å². The summed E-state index contributed by atoms with van der Waals surface area (Å²) in [6.07, 6.45) is 2.34. The smallest absolute Gasteiger partial charge is 0.167 e. The summed E-state index contributed by atoms with van der Waals surface area (Å²) in [7, 11) is 1.57. The summed E-state index contributed by atoms with van der Waals surface area (Å²) in [5.74, 6) is 1.11. The van der Waals surface area contributed by atoms with Gasteiger partial charge in [-0.15, -0.1) is 0 Å². The van der Waals surface area contributed by atoms with Gasteiger partial charge in [0.25, 0.3) is 0 Å². The van der Waals surface area contributed by atoms with Gasteiger partial charge in [-0.1, -0.05) is 43.6 Å². The van der Waals surface area contributed by atoms with Gasteiger partial charge in [-0.3, -0.25) is 0 Å². The second-order valence-electron chi connectivity index (χ2n) is 6.62. The number of quaternary nitrogens is 1. The first-order chi connectivity index (χ1) is 12.0. The predicted molar refractivity (Wildman–Crippen MR) is 101 cm³/mol. The van der Waals surface area contributed by atoms with Crippen LogP contribution >= 0.6 is 11.6 Å². The first-order valence-electron chi connectivity index (χ1n) is 8.44. The maximum atomic E-state index is 10.5. The maximum absolute atomic E-state index is 10.5. The standard InChI is InChI=1S/C20H23ClN2O2/c1-12(2)20-22-16(13-7-9-14(21)10-8-13)11-17(23-20)15-5-4-6-18(25-3)19(15)24/h4-12,17,20,22-24H,1-3H3/p+1. The van der Waals surface area contributed by atoms with E-state index in [4.69, 9.17) is 16.3 Å². The minimum atomic E-state index is -0.00516. The number of para-hydroxylation sites is 1. The molecule has 0 saturated heterocycles. The lowest BCUT2D eigenvalue weighted by Gasteiger charge is -2.32. The van der Waals surface area contributed by atoms with Gasteiger partial charge in [0.2, 0.25) is 0 Å². The van der Waals surface area contributed by atoms with Crippen molar-refractivity contribution in [2.45, 2.75) is 26.1 Å². The van der Waals surface area contributed by atoms with E-state index < -0.39 is 0 Å². The number of hydrogen-bond donors (Lipinski definition) is 3. The number of hydrogen-bond acceptors (Lipinski definition) is 3. The second kappa shape index (κ2) is 7.38. The summed E-state index contributed by atoms with van der Waals surface area (Å²) in [5.41, 5.74) is 2.97. The van der Waals surface area contributed by atoms with Gasteiger partial charge in [-0.2, -0.15) is 0 Å². The van der Waals surface area contributed by atoms with Crippen molar-refractivity contribution in [2.75, 3.05) is 7.11 Å². The van der Waals surface area contributed by atoms with Crippen molar-refractivity contribution < 1.29 is 15.2 Å². The van der Waals surface area contributed by atoms with Crippen LogP contribution < -0.4 is 15.4 Å². The Bertz CT molecular complexity index is 772. The third-order valence-electron chi connectivity index (χ3n) is 4.57. The van der Waals surface area contributed by atoms with Crippen LogP contribution in [0.2, 0.25) is 5.02 Å². The van der Waals surface area contributed by atoms with Crippen LogP contribution in [0.3, 0.4) is 0 Å². The van der Waals surface area contributed by atoms with Crippen LogP contribution in [0.15, 0.2) is 48.5 Å². The molecule has 1 aliphatic rings. The van der Waals surface area contributed by atoms with E-state index in [-0.39, 0.29) is 18.0 Å². The lowest BCUT2D eigenvalue weighted by molar-refractivity contribution is -0.729. The molecule has 2 atom stereocenters. The molecule has 1 heterocycles. The molecule has 0 fully saturated rings. The maximum Gasteiger partial charge on any atom is 0.167 e. The van der Waals surface area contributed by atoms with Gasteiger partial charge in [-0.25, -0.2) is 0 Å². The zero-order valence-corrected chi connectivity index (χ0v) is 15.4. The number of ether oxygens (including phenoxy) is 1. The van der Waals surface area contributed by atoms with Crippen molar-refractivity contribution in [3.05, 3.63) is 64.7 Å². The van der Waals surface area contributed by atoms with Crippen LogP contribution in [0.1, 0.15) is 31.0 Å². The van der Waals surface area contributed by atoms with Crippen molar-refractivity contribution in [1.29, 1.82) is 0 Å². The average Bonchev–Trinajstić information content (AvgIpc) is 2.62. The highest BCUT2D eigenvalue weighted by Gasteiger charge is 2.30. The molecule has 0 spiro atoms. The molecule has 132 valence electrons. The van der Waals surface area contributed by atoms with E-state index in [1.165, 1.54) is 0 Å². The fourth-order valence-corrected chi connectivity index (χ4v) is 3.22. The van der Waals surface area contributed by atoms with Crippen LogP contribution in [0.4, 0.5) is 0 Å². The first kappa shape index (κ1) is 17.6. The van der Waals surface area contributed by atoms with Gasteiger partial charge in [0.15, 0.2) is 17.7 Å². The lowest BCUT2D eigenvalue weighted by atomic mass is 9.97. The Hall–Kier alpha value is -2.17. The number of nitrogens with two attached hydrogens (primary N) is 1. The topological polar surface area (TPSA) is 58.1 Å². The van der Waals surface area contributed by atoms with Crippen LogP contribution in [0, 0.1) is 5.92 Å². The molecule has 1 aliphatic heterocycles. The van der Waals surface area contributed by atoms with Crippen molar-refractivity contribution in [2.24, 2.45) is 5.92 Å². The molecule has 4 N–H and O–H groups in total. The minimum Gasteiger partial charge on any atom is -0.504 e. The number of phenols is 1. The molecule has 0 saturated carbocycles. The van der Waals surface area contributed by atoms with E-state index in [1.807, 2.05) is 36.4 Å². The Balaban J connectivity index is 2.02. The highest BCUT2D eigenvalue weighted by atomic mass is 35.5. The SMILES string of the molecule is COc1cccc(C2C=C(c3ccc(Cl)cc3)NC(C(C)C)[NH2+]2)c1O. The summed E-state index contributed by atoms with van der Waals surface area (Å²) in [5, 5.41) is 17.1. The number of methoxy groups -OCH3 is 1. The van der Waals surface area contributed by atoms with Crippen LogP contribution in [-0.4, -0.2) is 18.4 Å². The first-order valence-corrected chi connectivity index (χ1v) is 8.82. The fourth-order valence-electron chi connectivity index (χ4n) is 3.10. The monoisotopic (exact) mass is 359 g/mol. The largest absolute Gasteiger partial charge is 0.504 e. The predicted octanol–water partition coefficient (Wildman–Crippen LogP) is 3.29. The highest BCUT2D eigenvalue weighted by Crippen LogP contribution is 2.34. The number of halogens is 1. The Morgan fingerprint density at radius 2 is 1.88 bits per heavy atom. The number of benzene rings is 2. The number of phenolic OH excluding ortho intramolecular Hbond substituents is 1. The molecule has 4 nitrogen and oxygen atoms in total. The summed E-state index contributed by atoms with van der Waals surface area (Å²) >= 11 is 6.02. The molecule has 0 aromatic heterocycles. The molecular formula is C20H24ClN2O2+. The normalized spacial score (nSPS) is 20.1. The molecule has 0 amide bonds. The fraction of sp³-hybridized carbons (Fsp3) is 0.300. The number of aromatic hydroxyl groups is 1. The van der Waals surface area contributed by atoms with Crippen LogP contribution in [0.5, 0.6) is 11.5 Å². The Morgan fingerprint density at radius 1 is 1.16 bits per heavy atom. The van der Waals surface area contributed by atoms with Crippen LogP contribution in [0.25, 0.3) is 5.70 Å². The van der Waals surface area contributed by atoms with E-state index in [0.717, 1.165) is 16.8 Å². The molecule has 2 unspecified atom stereocenters. The molecule has 0 bridgehead atoms. The van der Waals surface area contributed by atoms with Crippen LogP contribution in [-0.2, 0) is 0 Å². The summed E-state index contributed by atoms with van der Waals surface area (Å²) in [4.78, 5) is 0. The minimum absolute atomic E-state index is 0.00516. The van der Waals surface area contributed by atoms with Crippen molar-refractivity contribution in [1.82, 2.24) is 5.32 Å². The Labute approximate surface area is 153 Å². The molecule has 2 aromatic carbocycles. The van der Waals surface area contributed by atoms with Gasteiger partial charge in [0, 0.05) is 22.7 Å². The second-order valence-corrected chi connectivity index (χ2v) is 7.05. The van der Waals surface area contributed by atoms with Crippen molar-refractivity contribution in [3.8, 4) is 11.5 Å². The summed E-state index contributed by atoms with van der Waals surface area (Å²) < 4.78 is 5.26. The molecule has 0 aliphatic carbocycles. The Kier molecular flexibility index (Phi) is 5.21. The van der Waals surface area contributed by atoms with Gasteiger partial charge in [0.1, 0.15) is 6.04 Å². The number of rotatable bonds is 4.